The molecule has 3 aromatic heterocycles. The van der Waals surface area contributed by atoms with E-state index in [1.165, 1.54) is 6.07 Å². The molecule has 188 valence electrons. The van der Waals surface area contributed by atoms with Gasteiger partial charge in [0, 0.05) is 23.9 Å². The lowest BCUT2D eigenvalue weighted by Crippen LogP contribution is -2.36. The third kappa shape index (κ3) is 4.35. The van der Waals surface area contributed by atoms with Crippen molar-refractivity contribution in [3.05, 3.63) is 76.9 Å². The maximum Gasteiger partial charge on any atom is 0.270 e. The van der Waals surface area contributed by atoms with E-state index in [9.17, 15) is 9.18 Å². The molecule has 0 saturated heterocycles. The maximum atomic E-state index is 14.4. The number of rotatable bonds is 6. The summed E-state index contributed by atoms with van der Waals surface area (Å²) in [6.45, 7) is 8.21. The van der Waals surface area contributed by atoms with E-state index in [0.29, 0.717) is 46.1 Å². The van der Waals surface area contributed by atoms with Crippen LogP contribution >= 0.6 is 0 Å². The van der Waals surface area contributed by atoms with Crippen LogP contribution in [0.4, 0.5) is 10.2 Å². The average Bonchev–Trinajstić information content (AvgIpc) is 3.33. The number of aliphatic imine (C=N–C) groups is 1. The molecule has 0 saturated carbocycles. The zero-order chi connectivity index (χ0) is 26.3. The Morgan fingerprint density at radius 2 is 1.95 bits per heavy atom. The standard InChI is InChI=1S/C27H27FN8O/c1-15(2)11-13-31-25(37)21-19-22(34-26(29)27(19,3)4)33-23(32-21)20-17-9-7-12-30-24(17)36(35-20)14-16-8-5-6-10-18(16)28/h5-12H,13-14H2,1-4H3,(H,31,37)(H2,29,32,33,34). The van der Waals surface area contributed by atoms with Gasteiger partial charge in [-0.3, -0.25) is 4.79 Å². The maximum absolute atomic E-state index is 14.4. The predicted octanol–water partition coefficient (Wildman–Crippen LogP) is 4.05. The lowest BCUT2D eigenvalue weighted by Gasteiger charge is -2.21. The van der Waals surface area contributed by atoms with E-state index in [1.807, 2.05) is 39.8 Å². The molecule has 0 spiro atoms. The molecule has 9 nitrogen and oxygen atoms in total. The predicted molar refractivity (Wildman–Crippen MR) is 140 cm³/mol. The number of allylic oxidation sites excluding steroid dienone is 1. The Hall–Kier alpha value is -4.47. The van der Waals surface area contributed by atoms with Crippen LogP contribution in [0.2, 0.25) is 0 Å². The summed E-state index contributed by atoms with van der Waals surface area (Å²) in [4.78, 5) is 31.6. The summed E-state index contributed by atoms with van der Waals surface area (Å²) < 4.78 is 16.0. The molecule has 0 unspecified atom stereocenters. The summed E-state index contributed by atoms with van der Waals surface area (Å²) in [7, 11) is 0. The summed E-state index contributed by atoms with van der Waals surface area (Å²) in [6.07, 6.45) is 3.56. The monoisotopic (exact) mass is 498 g/mol. The molecule has 1 amide bonds. The number of hydrogen-bond acceptors (Lipinski definition) is 7. The molecule has 1 aromatic carbocycles. The first-order valence-corrected chi connectivity index (χ1v) is 11.9. The summed E-state index contributed by atoms with van der Waals surface area (Å²) >= 11 is 0. The lowest BCUT2D eigenvalue weighted by atomic mass is 9.84. The normalized spacial score (nSPS) is 13.8. The first kappa shape index (κ1) is 24.2. The first-order valence-electron chi connectivity index (χ1n) is 11.9. The Morgan fingerprint density at radius 3 is 2.70 bits per heavy atom. The van der Waals surface area contributed by atoms with E-state index < -0.39 is 5.41 Å². The number of nitrogens with two attached hydrogens (primary N) is 1. The number of nitrogens with zero attached hydrogens (tertiary/aromatic N) is 6. The number of nitrogens with one attached hydrogen (secondary N) is 1. The molecule has 3 N–H and O–H groups in total. The first-order chi connectivity index (χ1) is 17.7. The minimum absolute atomic E-state index is 0.166. The van der Waals surface area contributed by atoms with Crippen molar-refractivity contribution in [2.24, 2.45) is 10.7 Å². The van der Waals surface area contributed by atoms with E-state index in [-0.39, 0.29) is 29.8 Å². The van der Waals surface area contributed by atoms with Gasteiger partial charge in [0.1, 0.15) is 23.0 Å². The number of carbonyl (C=O) groups is 1. The number of carbonyl (C=O) groups excluding carboxylic acids is 1. The van der Waals surface area contributed by atoms with Crippen LogP contribution < -0.4 is 11.1 Å². The molecule has 4 aromatic rings. The Bertz CT molecular complexity index is 1600. The van der Waals surface area contributed by atoms with Crippen molar-refractivity contribution in [3.8, 4) is 11.5 Å². The van der Waals surface area contributed by atoms with Crippen molar-refractivity contribution in [1.82, 2.24) is 30.0 Å². The van der Waals surface area contributed by atoms with Crippen LogP contribution in [0.5, 0.6) is 0 Å². The second-order valence-electron chi connectivity index (χ2n) is 9.68. The molecular formula is C27H27FN8O. The Morgan fingerprint density at radius 1 is 1.16 bits per heavy atom. The number of amides is 1. The van der Waals surface area contributed by atoms with Crippen molar-refractivity contribution < 1.29 is 9.18 Å². The quantitative estimate of drug-likeness (QED) is 0.387. The van der Waals surface area contributed by atoms with Crippen molar-refractivity contribution in [2.75, 3.05) is 6.54 Å². The highest BCUT2D eigenvalue weighted by Crippen LogP contribution is 2.40. The number of aromatic nitrogens is 5. The number of fused-ring (bicyclic) bond motifs is 2. The third-order valence-electron chi connectivity index (χ3n) is 6.37. The Kier molecular flexibility index (Phi) is 6.02. The zero-order valence-electron chi connectivity index (χ0n) is 21.1. The highest BCUT2D eigenvalue weighted by molar-refractivity contribution is 6.04. The van der Waals surface area contributed by atoms with Crippen molar-refractivity contribution in [2.45, 2.75) is 39.7 Å². The van der Waals surface area contributed by atoms with Crippen LogP contribution in [-0.4, -0.2) is 43.0 Å². The van der Waals surface area contributed by atoms with Crippen LogP contribution in [-0.2, 0) is 12.0 Å². The molecule has 10 heteroatoms. The molecule has 0 bridgehead atoms. The number of pyridine rings is 1. The van der Waals surface area contributed by atoms with E-state index in [2.05, 4.69) is 25.3 Å². The van der Waals surface area contributed by atoms with Gasteiger partial charge in [0.15, 0.2) is 17.3 Å². The molecule has 0 radical (unpaired) electrons. The molecule has 5 rings (SSSR count). The molecule has 4 heterocycles. The summed E-state index contributed by atoms with van der Waals surface area (Å²) in [5.41, 5.74) is 8.79. The topological polar surface area (TPSA) is 124 Å². The Balaban J connectivity index is 1.65. The number of benzene rings is 1. The Labute approximate surface area is 213 Å². The van der Waals surface area contributed by atoms with Gasteiger partial charge in [0.2, 0.25) is 0 Å². The number of hydrogen-bond donors (Lipinski definition) is 2. The molecule has 37 heavy (non-hydrogen) atoms. The van der Waals surface area contributed by atoms with Crippen molar-refractivity contribution in [3.63, 3.8) is 0 Å². The zero-order valence-corrected chi connectivity index (χ0v) is 21.1. The van der Waals surface area contributed by atoms with Crippen LogP contribution in [0, 0.1) is 5.82 Å². The van der Waals surface area contributed by atoms with Crippen LogP contribution in [0.25, 0.3) is 22.6 Å². The van der Waals surface area contributed by atoms with E-state index in [4.69, 9.17) is 10.8 Å². The minimum atomic E-state index is -0.717. The smallest absolute Gasteiger partial charge is 0.270 e. The van der Waals surface area contributed by atoms with Crippen LogP contribution in [0.3, 0.4) is 0 Å². The largest absolute Gasteiger partial charge is 0.386 e. The molecule has 0 atom stereocenters. The summed E-state index contributed by atoms with van der Waals surface area (Å²) in [6, 6.07) is 10.1. The minimum Gasteiger partial charge on any atom is -0.386 e. The second kappa shape index (κ2) is 9.20. The SMILES string of the molecule is CC(C)=CCNC(=O)c1nc(-c2nn(Cc3ccccc3F)c3ncccc23)nc2c1C(C)(C)C(N)=N2. The van der Waals surface area contributed by atoms with Crippen molar-refractivity contribution in [1.29, 1.82) is 0 Å². The fraction of sp³-hybridized carbons (Fsp3) is 0.259. The average molecular weight is 499 g/mol. The molecule has 1 aliphatic rings. The molecule has 1 aliphatic heterocycles. The fourth-order valence-corrected chi connectivity index (χ4v) is 4.26. The van der Waals surface area contributed by atoms with Crippen molar-refractivity contribution >= 4 is 28.6 Å². The number of halogens is 1. The molecule has 0 aliphatic carbocycles. The van der Waals surface area contributed by atoms with Gasteiger partial charge >= 0.3 is 0 Å². The van der Waals surface area contributed by atoms with Gasteiger partial charge < -0.3 is 11.1 Å². The van der Waals surface area contributed by atoms with Gasteiger partial charge in [-0.25, -0.2) is 29.0 Å². The van der Waals surface area contributed by atoms with Gasteiger partial charge in [0.25, 0.3) is 5.91 Å². The van der Waals surface area contributed by atoms with E-state index in [0.717, 1.165) is 5.57 Å². The van der Waals surface area contributed by atoms with Gasteiger partial charge in [-0.15, -0.1) is 0 Å². The number of amidine groups is 1. The van der Waals surface area contributed by atoms with Gasteiger partial charge in [-0.1, -0.05) is 29.8 Å². The summed E-state index contributed by atoms with van der Waals surface area (Å²) in [5, 5.41) is 8.27. The molecule has 0 fully saturated rings. The van der Waals surface area contributed by atoms with Gasteiger partial charge in [-0.2, -0.15) is 5.10 Å². The van der Waals surface area contributed by atoms with Gasteiger partial charge in [-0.05, 0) is 45.9 Å². The van der Waals surface area contributed by atoms with Gasteiger partial charge in [0.05, 0.1) is 17.3 Å². The van der Waals surface area contributed by atoms with E-state index in [1.54, 1.807) is 35.1 Å². The summed E-state index contributed by atoms with van der Waals surface area (Å²) in [5.74, 6) is 0.207. The fourth-order valence-electron chi connectivity index (χ4n) is 4.26. The lowest BCUT2D eigenvalue weighted by molar-refractivity contribution is 0.0951. The second-order valence-corrected chi connectivity index (χ2v) is 9.68. The highest BCUT2D eigenvalue weighted by atomic mass is 19.1. The highest BCUT2D eigenvalue weighted by Gasteiger charge is 2.40. The molecular weight excluding hydrogens is 471 g/mol. The van der Waals surface area contributed by atoms with Crippen LogP contribution in [0.1, 0.15) is 49.3 Å². The van der Waals surface area contributed by atoms with Crippen LogP contribution in [0.15, 0.2) is 59.2 Å². The third-order valence-corrected chi connectivity index (χ3v) is 6.37. The van der Waals surface area contributed by atoms with E-state index >= 15 is 0 Å².